The molecule has 0 amide bonds. The zero-order chi connectivity index (χ0) is 12.4. The molecule has 0 aliphatic carbocycles. The molecule has 2 nitrogen and oxygen atoms in total. The van der Waals surface area contributed by atoms with Crippen molar-refractivity contribution in [3.8, 4) is 11.1 Å². The van der Waals surface area contributed by atoms with Gasteiger partial charge in [-0.1, -0.05) is 23.7 Å². The molecule has 0 heterocycles. The Hall–Kier alpha value is -1.23. The molecule has 0 aromatic heterocycles. The van der Waals surface area contributed by atoms with E-state index in [-0.39, 0.29) is 10.7 Å². The van der Waals surface area contributed by atoms with Gasteiger partial charge in [0, 0.05) is 9.92 Å². The van der Waals surface area contributed by atoms with Crippen molar-refractivity contribution in [1.29, 1.82) is 0 Å². The zero-order valence-corrected chi connectivity index (χ0v) is 10.1. The molecule has 17 heavy (non-hydrogen) atoms. The van der Waals surface area contributed by atoms with Crippen molar-refractivity contribution in [2.45, 2.75) is 4.90 Å². The summed E-state index contributed by atoms with van der Waals surface area (Å²) in [6, 6.07) is 10.0. The van der Waals surface area contributed by atoms with Crippen molar-refractivity contribution in [3.05, 3.63) is 53.3 Å². The molecule has 0 radical (unpaired) electrons. The van der Waals surface area contributed by atoms with Crippen LogP contribution in [0.15, 0.2) is 47.4 Å². The quantitative estimate of drug-likeness (QED) is 0.784. The summed E-state index contributed by atoms with van der Waals surface area (Å²) in [7, 11) is 0. The van der Waals surface area contributed by atoms with Crippen molar-refractivity contribution in [2.75, 3.05) is 0 Å². The molecular formula is C12H7ClFO2S-. The molecule has 5 heteroatoms. The maximum atomic E-state index is 12.8. The van der Waals surface area contributed by atoms with E-state index in [4.69, 9.17) is 11.6 Å². The van der Waals surface area contributed by atoms with Gasteiger partial charge in [-0.3, -0.25) is 4.21 Å². The Morgan fingerprint density at radius 1 is 1.12 bits per heavy atom. The predicted molar refractivity (Wildman–Crippen MR) is 64.0 cm³/mol. The molecule has 88 valence electrons. The van der Waals surface area contributed by atoms with Crippen molar-refractivity contribution < 1.29 is 13.2 Å². The van der Waals surface area contributed by atoms with Crippen LogP contribution in [0.5, 0.6) is 0 Å². The summed E-state index contributed by atoms with van der Waals surface area (Å²) >= 11 is 3.47. The third-order valence-corrected chi connectivity index (χ3v) is 3.23. The van der Waals surface area contributed by atoms with Gasteiger partial charge in [0.25, 0.3) is 0 Å². The molecule has 0 spiro atoms. The van der Waals surface area contributed by atoms with E-state index in [1.807, 2.05) is 0 Å². The van der Waals surface area contributed by atoms with Crippen LogP contribution in [0.3, 0.4) is 0 Å². The van der Waals surface area contributed by atoms with Gasteiger partial charge < -0.3 is 4.55 Å². The smallest absolute Gasteiger partial charge is 0.123 e. The third kappa shape index (κ3) is 2.72. The molecule has 0 saturated heterocycles. The summed E-state index contributed by atoms with van der Waals surface area (Å²) in [5.74, 6) is -0.374. The van der Waals surface area contributed by atoms with Gasteiger partial charge in [-0.05, 0) is 52.5 Å². The van der Waals surface area contributed by atoms with Gasteiger partial charge in [0.15, 0.2) is 0 Å². The molecule has 2 aromatic rings. The van der Waals surface area contributed by atoms with Crippen molar-refractivity contribution in [3.63, 3.8) is 0 Å². The highest BCUT2D eigenvalue weighted by atomic mass is 35.5. The van der Waals surface area contributed by atoms with Gasteiger partial charge in [-0.2, -0.15) is 0 Å². The van der Waals surface area contributed by atoms with E-state index in [0.717, 1.165) is 0 Å². The number of rotatable bonds is 2. The molecule has 1 unspecified atom stereocenters. The largest absolute Gasteiger partial charge is 0.768 e. The van der Waals surface area contributed by atoms with E-state index >= 15 is 0 Å². The normalized spacial score (nSPS) is 12.4. The fourth-order valence-electron chi connectivity index (χ4n) is 1.50. The number of hydrogen-bond acceptors (Lipinski definition) is 2. The first kappa shape index (κ1) is 12.2. The van der Waals surface area contributed by atoms with Gasteiger partial charge in [0.1, 0.15) is 5.82 Å². The second-order valence-corrected chi connectivity index (χ2v) is 4.73. The van der Waals surface area contributed by atoms with Crippen LogP contribution in [0.4, 0.5) is 4.39 Å². The molecule has 0 aliphatic rings. The Bertz CT molecular complexity index is 569. The van der Waals surface area contributed by atoms with E-state index in [0.29, 0.717) is 16.1 Å². The SMILES string of the molecule is O=S([O-])c1ccc(Cl)cc1-c1ccc(F)cc1. The lowest BCUT2D eigenvalue weighted by molar-refractivity contribution is 0.537. The molecule has 0 aliphatic heterocycles. The number of hydrogen-bond donors (Lipinski definition) is 0. The van der Waals surface area contributed by atoms with Crippen LogP contribution in [0.25, 0.3) is 11.1 Å². The lowest BCUT2D eigenvalue weighted by Gasteiger charge is -2.12. The lowest BCUT2D eigenvalue weighted by Crippen LogP contribution is -1.93. The maximum Gasteiger partial charge on any atom is 0.123 e. The van der Waals surface area contributed by atoms with Crippen LogP contribution in [0.1, 0.15) is 0 Å². The molecule has 2 rings (SSSR count). The maximum absolute atomic E-state index is 12.8. The average Bonchev–Trinajstić information content (AvgIpc) is 2.29. The third-order valence-electron chi connectivity index (χ3n) is 2.28. The standard InChI is InChI=1S/C12H8ClFO2S/c13-9-3-6-12(17(15)16)11(7-9)8-1-4-10(14)5-2-8/h1-7H,(H,15,16)/p-1. The monoisotopic (exact) mass is 269 g/mol. The van der Waals surface area contributed by atoms with Gasteiger partial charge >= 0.3 is 0 Å². The second kappa shape index (κ2) is 4.96. The molecule has 1 atom stereocenters. The number of halogens is 2. The molecule has 0 saturated carbocycles. The lowest BCUT2D eigenvalue weighted by atomic mass is 10.1. The Morgan fingerprint density at radius 2 is 1.76 bits per heavy atom. The van der Waals surface area contributed by atoms with Crippen LogP contribution in [-0.4, -0.2) is 8.76 Å². The summed E-state index contributed by atoms with van der Waals surface area (Å²) in [6.45, 7) is 0. The van der Waals surface area contributed by atoms with Crippen LogP contribution < -0.4 is 0 Å². The van der Waals surface area contributed by atoms with E-state index in [1.54, 1.807) is 6.07 Å². The zero-order valence-electron chi connectivity index (χ0n) is 8.52. The summed E-state index contributed by atoms with van der Waals surface area (Å²) in [4.78, 5) is 0.140. The highest BCUT2D eigenvalue weighted by Gasteiger charge is 2.06. The van der Waals surface area contributed by atoms with E-state index in [9.17, 15) is 13.2 Å². The molecule has 0 fully saturated rings. The highest BCUT2D eigenvalue weighted by molar-refractivity contribution is 7.79. The fourth-order valence-corrected chi connectivity index (χ4v) is 2.21. The van der Waals surface area contributed by atoms with Crippen LogP contribution in [-0.2, 0) is 11.1 Å². The molecule has 0 N–H and O–H groups in total. The van der Waals surface area contributed by atoms with Crippen molar-refractivity contribution in [1.82, 2.24) is 0 Å². The van der Waals surface area contributed by atoms with Gasteiger partial charge in [0.05, 0.1) is 0 Å². The summed E-state index contributed by atoms with van der Waals surface area (Å²) in [5.41, 5.74) is 1.07. The van der Waals surface area contributed by atoms with Gasteiger partial charge in [-0.25, -0.2) is 4.39 Å². The average molecular weight is 270 g/mol. The molecule has 2 aromatic carbocycles. The van der Waals surface area contributed by atoms with Crippen LogP contribution in [0, 0.1) is 5.82 Å². The Morgan fingerprint density at radius 3 is 2.35 bits per heavy atom. The summed E-state index contributed by atoms with van der Waals surface area (Å²) in [5, 5.41) is 0.429. The van der Waals surface area contributed by atoms with E-state index < -0.39 is 11.1 Å². The fraction of sp³-hybridized carbons (Fsp3) is 0. The molecular weight excluding hydrogens is 263 g/mol. The van der Waals surface area contributed by atoms with Crippen LogP contribution in [0.2, 0.25) is 5.02 Å². The van der Waals surface area contributed by atoms with Crippen LogP contribution >= 0.6 is 11.6 Å². The Kier molecular flexibility index (Phi) is 3.57. The topological polar surface area (TPSA) is 40.1 Å². The minimum absolute atomic E-state index is 0.140. The summed E-state index contributed by atoms with van der Waals surface area (Å²) < 4.78 is 34.9. The van der Waals surface area contributed by atoms with Crippen molar-refractivity contribution in [2.24, 2.45) is 0 Å². The summed E-state index contributed by atoms with van der Waals surface area (Å²) in [6.07, 6.45) is 0. The first-order chi connectivity index (χ1) is 8.08. The molecule has 0 bridgehead atoms. The minimum Gasteiger partial charge on any atom is -0.768 e. The second-order valence-electron chi connectivity index (χ2n) is 3.38. The first-order valence-corrected chi connectivity index (χ1v) is 6.18. The Balaban J connectivity index is 2.60. The first-order valence-electron chi connectivity index (χ1n) is 4.72. The number of benzene rings is 2. The van der Waals surface area contributed by atoms with E-state index in [1.165, 1.54) is 36.4 Å². The van der Waals surface area contributed by atoms with Gasteiger partial charge in [-0.15, -0.1) is 0 Å². The minimum atomic E-state index is -2.36. The Labute approximate surface area is 105 Å². The van der Waals surface area contributed by atoms with Gasteiger partial charge in [0.2, 0.25) is 0 Å². The predicted octanol–water partition coefficient (Wildman–Crippen LogP) is 3.38. The van der Waals surface area contributed by atoms with E-state index in [2.05, 4.69) is 0 Å². The van der Waals surface area contributed by atoms with Crippen molar-refractivity contribution >= 4 is 22.7 Å². The highest BCUT2D eigenvalue weighted by Crippen LogP contribution is 2.28.